The average molecular weight is 383 g/mol. The molecule has 0 aliphatic rings. The summed E-state index contributed by atoms with van der Waals surface area (Å²) in [5.74, 6) is 1.12. The molecular formula is C21H31ClS2. The largest absolute Gasteiger partial charge is 0.149 e. The van der Waals surface area contributed by atoms with Crippen molar-refractivity contribution in [3.05, 3.63) is 43.2 Å². The second-order valence-corrected chi connectivity index (χ2v) is 11.4. The highest BCUT2D eigenvalue weighted by Crippen LogP contribution is 2.42. The van der Waals surface area contributed by atoms with Gasteiger partial charge in [-0.25, -0.2) is 0 Å². The van der Waals surface area contributed by atoms with Gasteiger partial charge in [-0.3, -0.25) is 0 Å². The van der Waals surface area contributed by atoms with Crippen molar-refractivity contribution in [3.8, 4) is 0 Å². The second-order valence-electron chi connectivity index (χ2n) is 8.83. The van der Waals surface area contributed by atoms with Crippen molar-refractivity contribution in [2.45, 2.75) is 73.1 Å². The van der Waals surface area contributed by atoms with E-state index in [9.17, 15) is 0 Å². The summed E-state index contributed by atoms with van der Waals surface area (Å²) in [6.07, 6.45) is 2.36. The van der Waals surface area contributed by atoms with Gasteiger partial charge < -0.3 is 0 Å². The van der Waals surface area contributed by atoms with Crippen molar-refractivity contribution in [2.24, 2.45) is 10.8 Å². The lowest BCUT2D eigenvalue weighted by Crippen LogP contribution is -2.20. The first-order valence-electron chi connectivity index (χ1n) is 8.82. The molecule has 2 rings (SSSR count). The highest BCUT2D eigenvalue weighted by atomic mass is 35.5. The minimum absolute atomic E-state index is 0.268. The van der Waals surface area contributed by atoms with Crippen LogP contribution in [0.3, 0.4) is 0 Å². The van der Waals surface area contributed by atoms with Gasteiger partial charge in [0.1, 0.15) is 0 Å². The van der Waals surface area contributed by atoms with E-state index in [2.05, 4.69) is 71.4 Å². The predicted octanol–water partition coefficient (Wildman–Crippen LogP) is 8.38. The summed E-state index contributed by atoms with van der Waals surface area (Å²) in [4.78, 5) is 1.52. The molecule has 0 bridgehead atoms. The number of hydrogen-bond acceptors (Lipinski definition) is 2. The van der Waals surface area contributed by atoms with Crippen molar-refractivity contribution in [1.29, 1.82) is 0 Å². The molecule has 0 aromatic carbocycles. The second kappa shape index (κ2) is 7.51. The minimum Gasteiger partial charge on any atom is -0.149 e. The van der Waals surface area contributed by atoms with E-state index in [0.29, 0.717) is 17.3 Å². The van der Waals surface area contributed by atoms with E-state index < -0.39 is 0 Å². The van der Waals surface area contributed by atoms with Crippen LogP contribution >= 0.6 is 34.3 Å². The van der Waals surface area contributed by atoms with Crippen LogP contribution in [0, 0.1) is 10.8 Å². The predicted molar refractivity (Wildman–Crippen MR) is 112 cm³/mol. The minimum atomic E-state index is 0.268. The molecule has 2 aromatic rings. The Balaban J connectivity index is 2.01. The monoisotopic (exact) mass is 382 g/mol. The van der Waals surface area contributed by atoms with E-state index in [-0.39, 0.29) is 5.41 Å². The van der Waals surface area contributed by atoms with E-state index >= 15 is 0 Å². The lowest BCUT2D eigenvalue weighted by atomic mass is 9.73. The van der Waals surface area contributed by atoms with E-state index in [0.717, 1.165) is 10.8 Å². The Bertz CT molecular complexity index is 657. The molecule has 0 N–H and O–H groups in total. The van der Waals surface area contributed by atoms with Gasteiger partial charge in [0.05, 0.1) is 4.34 Å². The first-order chi connectivity index (χ1) is 11.0. The number of thiophene rings is 2. The molecule has 0 saturated carbocycles. The van der Waals surface area contributed by atoms with Crippen LogP contribution in [0.4, 0.5) is 0 Å². The molecule has 0 nitrogen and oxygen atoms in total. The first-order valence-corrected chi connectivity index (χ1v) is 11.0. The SMILES string of the molecule is CC(c1csc(CCC(C)(C)C(C)c2csc(Cl)c2)c1)C(C)(C)C. The van der Waals surface area contributed by atoms with E-state index in [1.807, 2.05) is 11.3 Å². The Morgan fingerprint density at radius 2 is 1.50 bits per heavy atom. The van der Waals surface area contributed by atoms with Gasteiger partial charge >= 0.3 is 0 Å². The van der Waals surface area contributed by atoms with Gasteiger partial charge in [0.2, 0.25) is 0 Å². The summed E-state index contributed by atoms with van der Waals surface area (Å²) in [6.45, 7) is 16.4. The number of aryl methyl sites for hydroxylation is 1. The van der Waals surface area contributed by atoms with Crippen LogP contribution in [0.15, 0.2) is 22.9 Å². The zero-order valence-corrected chi connectivity index (χ0v) is 18.5. The van der Waals surface area contributed by atoms with Crippen molar-refractivity contribution < 1.29 is 0 Å². The Morgan fingerprint density at radius 3 is 2.04 bits per heavy atom. The van der Waals surface area contributed by atoms with Gasteiger partial charge in [-0.05, 0) is 69.5 Å². The Hall–Kier alpha value is -0.310. The number of halogens is 1. The number of rotatable bonds is 6. The highest BCUT2D eigenvalue weighted by Gasteiger charge is 2.28. The summed E-state index contributed by atoms with van der Waals surface area (Å²) < 4.78 is 0.895. The fraction of sp³-hybridized carbons (Fsp3) is 0.619. The summed E-state index contributed by atoms with van der Waals surface area (Å²) in [6, 6.07) is 4.57. The van der Waals surface area contributed by atoms with Crippen LogP contribution in [0.1, 0.15) is 82.7 Å². The van der Waals surface area contributed by atoms with E-state index in [4.69, 9.17) is 11.6 Å². The topological polar surface area (TPSA) is 0 Å². The van der Waals surface area contributed by atoms with Gasteiger partial charge in [0, 0.05) is 4.88 Å². The summed E-state index contributed by atoms with van der Waals surface area (Å²) in [5.41, 5.74) is 3.47. The van der Waals surface area contributed by atoms with Gasteiger partial charge in [-0.2, -0.15) is 0 Å². The fourth-order valence-electron chi connectivity index (χ4n) is 2.92. The van der Waals surface area contributed by atoms with Crippen LogP contribution < -0.4 is 0 Å². The van der Waals surface area contributed by atoms with E-state index in [1.54, 1.807) is 11.3 Å². The molecule has 0 amide bonds. The molecule has 2 heterocycles. The molecular weight excluding hydrogens is 352 g/mol. The Kier molecular flexibility index (Phi) is 6.26. The van der Waals surface area contributed by atoms with Gasteiger partial charge in [0.25, 0.3) is 0 Å². The van der Waals surface area contributed by atoms with Crippen molar-refractivity contribution >= 4 is 34.3 Å². The third kappa shape index (κ3) is 4.86. The van der Waals surface area contributed by atoms with Crippen molar-refractivity contribution in [1.82, 2.24) is 0 Å². The molecule has 0 radical (unpaired) electrons. The van der Waals surface area contributed by atoms with Crippen LogP contribution in [0.5, 0.6) is 0 Å². The van der Waals surface area contributed by atoms with Crippen LogP contribution in [-0.2, 0) is 6.42 Å². The molecule has 24 heavy (non-hydrogen) atoms. The Morgan fingerprint density at radius 1 is 0.917 bits per heavy atom. The van der Waals surface area contributed by atoms with Crippen molar-refractivity contribution in [3.63, 3.8) is 0 Å². The molecule has 0 spiro atoms. The van der Waals surface area contributed by atoms with Gasteiger partial charge in [-0.15, -0.1) is 22.7 Å². The molecule has 0 aliphatic carbocycles. The maximum absolute atomic E-state index is 6.12. The zero-order valence-electron chi connectivity index (χ0n) is 16.1. The molecule has 0 saturated heterocycles. The molecule has 3 heteroatoms. The molecule has 2 unspecified atom stereocenters. The molecule has 0 aliphatic heterocycles. The number of hydrogen-bond donors (Lipinski definition) is 0. The van der Waals surface area contributed by atoms with Crippen LogP contribution in [0.2, 0.25) is 4.34 Å². The molecule has 134 valence electrons. The quantitative estimate of drug-likeness (QED) is 0.470. The van der Waals surface area contributed by atoms with E-state index in [1.165, 1.54) is 22.4 Å². The Labute approximate surface area is 161 Å². The first kappa shape index (κ1) is 20.0. The van der Waals surface area contributed by atoms with Gasteiger partial charge in [0.15, 0.2) is 0 Å². The van der Waals surface area contributed by atoms with Crippen molar-refractivity contribution in [2.75, 3.05) is 0 Å². The average Bonchev–Trinajstić information content (AvgIpc) is 3.11. The molecule has 2 aromatic heterocycles. The third-order valence-corrected chi connectivity index (χ3v) is 7.87. The standard InChI is InChI=1S/C21H31ClS2/c1-14(20(3,4)5)16-10-18(23-12-16)8-9-21(6,7)15(2)17-11-19(22)24-13-17/h10-15H,8-9H2,1-7H3. The lowest BCUT2D eigenvalue weighted by molar-refractivity contribution is 0.277. The molecule has 2 atom stereocenters. The highest BCUT2D eigenvalue weighted by molar-refractivity contribution is 7.14. The normalized spacial score (nSPS) is 15.5. The summed E-state index contributed by atoms with van der Waals surface area (Å²) in [7, 11) is 0. The maximum Gasteiger partial charge on any atom is 0.0931 e. The van der Waals surface area contributed by atoms with Gasteiger partial charge in [-0.1, -0.05) is 60.1 Å². The van der Waals surface area contributed by atoms with Crippen LogP contribution in [0.25, 0.3) is 0 Å². The summed E-state index contributed by atoms with van der Waals surface area (Å²) >= 11 is 9.68. The molecule has 0 fully saturated rings. The summed E-state index contributed by atoms with van der Waals surface area (Å²) in [5, 5.41) is 4.57. The zero-order chi connectivity index (χ0) is 18.1. The smallest absolute Gasteiger partial charge is 0.0931 e. The third-order valence-electron chi connectivity index (χ3n) is 5.75. The van der Waals surface area contributed by atoms with Crippen LogP contribution in [-0.4, -0.2) is 0 Å². The lowest BCUT2D eigenvalue weighted by Gasteiger charge is -2.31. The fourth-order valence-corrected chi connectivity index (χ4v) is 4.89. The maximum atomic E-state index is 6.12.